The lowest BCUT2D eigenvalue weighted by Gasteiger charge is -2.04. The third-order valence-electron chi connectivity index (χ3n) is 2.40. The van der Waals surface area contributed by atoms with Crippen molar-refractivity contribution in [1.82, 2.24) is 0 Å². The Morgan fingerprint density at radius 1 is 1.12 bits per heavy atom. The molecule has 0 radical (unpaired) electrons. The molecule has 86 valence electrons. The van der Waals surface area contributed by atoms with Gasteiger partial charge in [-0.3, -0.25) is 4.79 Å². The van der Waals surface area contributed by atoms with Gasteiger partial charge in [0.2, 0.25) is 0 Å². The van der Waals surface area contributed by atoms with Gasteiger partial charge in [-0.15, -0.1) is 0 Å². The highest BCUT2D eigenvalue weighted by atomic mass is 79.9. The van der Waals surface area contributed by atoms with Crippen LogP contribution >= 0.6 is 27.7 Å². The summed E-state index contributed by atoms with van der Waals surface area (Å²) in [6.45, 7) is 1.95. The molecular formula is C14H11BrOS. The zero-order chi connectivity index (χ0) is 12.3. The normalized spacial score (nSPS) is 10.2. The van der Waals surface area contributed by atoms with Gasteiger partial charge in [-0.2, -0.15) is 0 Å². The molecule has 0 spiro atoms. The molecule has 0 aliphatic carbocycles. The van der Waals surface area contributed by atoms with Gasteiger partial charge in [-0.25, -0.2) is 0 Å². The Kier molecular flexibility index (Phi) is 4.02. The van der Waals surface area contributed by atoms with Crippen molar-refractivity contribution in [1.29, 1.82) is 0 Å². The molecule has 0 unspecified atom stereocenters. The van der Waals surface area contributed by atoms with Crippen LogP contribution in [0, 0.1) is 6.92 Å². The van der Waals surface area contributed by atoms with Gasteiger partial charge in [0.05, 0.1) is 0 Å². The van der Waals surface area contributed by atoms with Gasteiger partial charge in [0, 0.05) is 19.8 Å². The Bertz CT molecular complexity index is 552. The third-order valence-corrected chi connectivity index (χ3v) is 3.87. The van der Waals surface area contributed by atoms with Crippen LogP contribution in [0.5, 0.6) is 0 Å². The fourth-order valence-electron chi connectivity index (χ4n) is 1.51. The minimum atomic E-state index is 0.753. The van der Waals surface area contributed by atoms with E-state index < -0.39 is 0 Å². The van der Waals surface area contributed by atoms with Gasteiger partial charge in [-0.05, 0) is 42.8 Å². The molecular weight excluding hydrogens is 296 g/mol. The first kappa shape index (κ1) is 12.4. The number of benzene rings is 2. The predicted octanol–water partition coefficient (Wildman–Crippen LogP) is 4.72. The lowest BCUT2D eigenvalue weighted by Crippen LogP contribution is -1.86. The van der Waals surface area contributed by atoms with Gasteiger partial charge in [0.15, 0.2) is 0 Å². The lowest BCUT2D eigenvalue weighted by atomic mass is 10.1. The highest BCUT2D eigenvalue weighted by molar-refractivity contribution is 9.10. The van der Waals surface area contributed by atoms with Crippen LogP contribution in [0.4, 0.5) is 0 Å². The van der Waals surface area contributed by atoms with Crippen LogP contribution in [0.15, 0.2) is 56.7 Å². The first-order valence-electron chi connectivity index (χ1n) is 5.18. The zero-order valence-corrected chi connectivity index (χ0v) is 11.7. The lowest BCUT2D eigenvalue weighted by molar-refractivity contribution is 0.112. The monoisotopic (exact) mass is 306 g/mol. The Balaban J connectivity index is 2.24. The van der Waals surface area contributed by atoms with Crippen molar-refractivity contribution >= 4 is 34.0 Å². The quantitative estimate of drug-likeness (QED) is 0.763. The molecule has 0 heterocycles. The van der Waals surface area contributed by atoms with Crippen LogP contribution < -0.4 is 0 Å². The van der Waals surface area contributed by atoms with Crippen molar-refractivity contribution in [3.63, 3.8) is 0 Å². The van der Waals surface area contributed by atoms with Gasteiger partial charge in [0.25, 0.3) is 0 Å². The first-order chi connectivity index (χ1) is 8.19. The maximum atomic E-state index is 10.7. The standard InChI is InChI=1S/C14H11BrOS/c1-10-7-14(6-5-11(10)9-16)17-13-4-2-3-12(15)8-13/h2-9H,1H3. The topological polar surface area (TPSA) is 17.1 Å². The molecule has 2 aromatic rings. The summed E-state index contributed by atoms with van der Waals surface area (Å²) in [5.41, 5.74) is 1.77. The van der Waals surface area contributed by atoms with E-state index in [4.69, 9.17) is 0 Å². The third kappa shape index (κ3) is 3.20. The molecule has 0 atom stereocenters. The number of aryl methyl sites for hydroxylation is 1. The van der Waals surface area contributed by atoms with Crippen molar-refractivity contribution in [2.45, 2.75) is 16.7 Å². The Morgan fingerprint density at radius 2 is 1.88 bits per heavy atom. The Hall–Kier alpha value is -1.06. The van der Waals surface area contributed by atoms with E-state index in [-0.39, 0.29) is 0 Å². The molecule has 0 fully saturated rings. The van der Waals surface area contributed by atoms with E-state index in [9.17, 15) is 4.79 Å². The van der Waals surface area contributed by atoms with Gasteiger partial charge in [0.1, 0.15) is 6.29 Å². The molecule has 2 aromatic carbocycles. The van der Waals surface area contributed by atoms with Crippen molar-refractivity contribution in [2.75, 3.05) is 0 Å². The molecule has 0 aromatic heterocycles. The molecule has 0 bridgehead atoms. The number of carbonyl (C=O) groups is 1. The number of aldehydes is 1. The SMILES string of the molecule is Cc1cc(Sc2cccc(Br)c2)ccc1C=O. The first-order valence-corrected chi connectivity index (χ1v) is 6.79. The van der Waals surface area contributed by atoms with E-state index in [1.54, 1.807) is 11.8 Å². The van der Waals surface area contributed by atoms with E-state index in [2.05, 4.69) is 28.1 Å². The van der Waals surface area contributed by atoms with Crippen molar-refractivity contribution in [2.24, 2.45) is 0 Å². The summed E-state index contributed by atoms with van der Waals surface area (Å²) >= 11 is 5.14. The van der Waals surface area contributed by atoms with Gasteiger partial charge >= 0.3 is 0 Å². The van der Waals surface area contributed by atoms with E-state index in [0.29, 0.717) is 0 Å². The number of rotatable bonds is 3. The molecule has 0 amide bonds. The second kappa shape index (κ2) is 5.52. The molecule has 0 saturated carbocycles. The minimum Gasteiger partial charge on any atom is -0.298 e. The molecule has 17 heavy (non-hydrogen) atoms. The van der Waals surface area contributed by atoms with Crippen LogP contribution in [0.25, 0.3) is 0 Å². The van der Waals surface area contributed by atoms with Crippen LogP contribution in [-0.2, 0) is 0 Å². The van der Waals surface area contributed by atoms with Crippen LogP contribution in [0.3, 0.4) is 0 Å². The Morgan fingerprint density at radius 3 is 2.53 bits per heavy atom. The average Bonchev–Trinajstić information content (AvgIpc) is 2.29. The minimum absolute atomic E-state index is 0.753. The maximum Gasteiger partial charge on any atom is 0.150 e. The van der Waals surface area contributed by atoms with Crippen molar-refractivity contribution in [3.8, 4) is 0 Å². The molecule has 1 nitrogen and oxygen atoms in total. The number of carbonyl (C=O) groups excluding carboxylic acids is 1. The highest BCUT2D eigenvalue weighted by Crippen LogP contribution is 2.30. The number of halogens is 1. The fourth-order valence-corrected chi connectivity index (χ4v) is 3.04. The van der Waals surface area contributed by atoms with Crippen molar-refractivity contribution < 1.29 is 4.79 Å². The number of hydrogen-bond donors (Lipinski definition) is 0. The van der Waals surface area contributed by atoms with E-state index in [0.717, 1.165) is 26.8 Å². The second-order valence-corrected chi connectivity index (χ2v) is 5.76. The Labute approximate surface area is 113 Å². The van der Waals surface area contributed by atoms with Crippen molar-refractivity contribution in [3.05, 3.63) is 58.1 Å². The summed E-state index contributed by atoms with van der Waals surface area (Å²) in [6.07, 6.45) is 0.892. The highest BCUT2D eigenvalue weighted by Gasteiger charge is 2.01. The average molecular weight is 307 g/mol. The summed E-state index contributed by atoms with van der Waals surface area (Å²) in [5.74, 6) is 0. The summed E-state index contributed by atoms with van der Waals surface area (Å²) in [4.78, 5) is 13.1. The molecule has 0 aliphatic rings. The summed E-state index contributed by atoms with van der Waals surface area (Å²) < 4.78 is 1.07. The largest absolute Gasteiger partial charge is 0.298 e. The number of hydrogen-bond acceptors (Lipinski definition) is 2. The van der Waals surface area contributed by atoms with Crippen LogP contribution in [0.2, 0.25) is 0 Å². The maximum absolute atomic E-state index is 10.7. The van der Waals surface area contributed by atoms with Gasteiger partial charge in [-0.1, -0.05) is 39.8 Å². The molecule has 0 aliphatic heterocycles. The molecule has 0 saturated heterocycles. The summed E-state index contributed by atoms with van der Waals surface area (Å²) in [7, 11) is 0. The van der Waals surface area contributed by atoms with Crippen LogP contribution in [-0.4, -0.2) is 6.29 Å². The van der Waals surface area contributed by atoms with Crippen LogP contribution in [0.1, 0.15) is 15.9 Å². The van der Waals surface area contributed by atoms with E-state index in [1.807, 2.05) is 37.3 Å². The smallest absolute Gasteiger partial charge is 0.150 e. The zero-order valence-electron chi connectivity index (χ0n) is 9.31. The summed E-state index contributed by atoms with van der Waals surface area (Å²) in [5, 5.41) is 0. The summed E-state index contributed by atoms with van der Waals surface area (Å²) in [6, 6.07) is 14.0. The van der Waals surface area contributed by atoms with E-state index in [1.165, 1.54) is 4.90 Å². The fraction of sp³-hybridized carbons (Fsp3) is 0.0714. The predicted molar refractivity (Wildman–Crippen MR) is 74.8 cm³/mol. The van der Waals surface area contributed by atoms with Gasteiger partial charge < -0.3 is 0 Å². The van der Waals surface area contributed by atoms with E-state index >= 15 is 0 Å². The molecule has 3 heteroatoms. The second-order valence-electron chi connectivity index (χ2n) is 3.70. The molecule has 0 N–H and O–H groups in total. The molecule has 2 rings (SSSR count).